The van der Waals surface area contributed by atoms with Gasteiger partial charge in [-0.25, -0.2) is 10.4 Å². The maximum Gasteiger partial charge on any atom is 0.280 e. The number of anilines is 3. The third-order valence-electron chi connectivity index (χ3n) is 5.17. The number of hydrogen-bond donors (Lipinski definition) is 6. The fraction of sp³-hybridized carbons (Fsp3) is 0.368. The first kappa shape index (κ1) is 23.1. The second kappa shape index (κ2) is 9.07. The number of aromatic amines is 1. The second-order valence-corrected chi connectivity index (χ2v) is 8.49. The number of benzene rings is 1. The zero-order valence-corrected chi connectivity index (χ0v) is 19.3. The maximum absolute atomic E-state index is 12.3. The van der Waals surface area contributed by atoms with Crippen molar-refractivity contribution >= 4 is 50.9 Å². The predicted octanol–water partition coefficient (Wildman–Crippen LogP) is -0.412. The van der Waals surface area contributed by atoms with Gasteiger partial charge in [-0.2, -0.15) is 10.1 Å². The highest BCUT2D eigenvalue weighted by atomic mass is 79.9. The lowest BCUT2D eigenvalue weighted by Gasteiger charge is -2.18. The summed E-state index contributed by atoms with van der Waals surface area (Å²) < 4.78 is 7.75. The summed E-state index contributed by atoms with van der Waals surface area (Å²) in [7, 11) is 3.86. The Labute approximate surface area is 195 Å². The maximum atomic E-state index is 12.3. The van der Waals surface area contributed by atoms with Crippen LogP contribution in [-0.4, -0.2) is 80.1 Å². The van der Waals surface area contributed by atoms with Gasteiger partial charge in [0, 0.05) is 18.6 Å². The number of nitrogens with one attached hydrogen (secondary N) is 2. The number of fused-ring (bicyclic) bond motifs is 1. The summed E-state index contributed by atoms with van der Waals surface area (Å²) in [4.78, 5) is 25.0. The molecule has 0 bridgehead atoms. The molecule has 0 spiro atoms. The molecule has 7 N–H and O–H groups in total. The summed E-state index contributed by atoms with van der Waals surface area (Å²) in [6.45, 7) is -0.518. The van der Waals surface area contributed by atoms with Gasteiger partial charge in [0.05, 0.1) is 18.5 Å². The molecule has 2 aromatic heterocycles. The van der Waals surface area contributed by atoms with E-state index in [2.05, 4.69) is 41.4 Å². The second-order valence-electron chi connectivity index (χ2n) is 7.63. The number of nitrogens with zero attached hydrogens (tertiary/aromatic N) is 5. The summed E-state index contributed by atoms with van der Waals surface area (Å²) in [6.07, 6.45) is -3.49. The number of aliphatic hydroxyl groups is 3. The Kier molecular flexibility index (Phi) is 6.36. The zero-order valence-electron chi connectivity index (χ0n) is 17.7. The SMILES string of the molecule is CN(C)c1ccc(/C=N/Nc2nc3c(=O)[nH]c(N)nc3n2C2OC(CO)C(O)C2O)cc1Br. The van der Waals surface area contributed by atoms with Gasteiger partial charge in [0.25, 0.3) is 5.56 Å². The number of rotatable bonds is 6. The molecule has 1 aromatic carbocycles. The number of hydrazone groups is 1. The molecule has 1 aliphatic rings. The molecular formula is C19H23BrN8O5. The first-order chi connectivity index (χ1) is 15.7. The van der Waals surface area contributed by atoms with Gasteiger partial charge in [-0.15, -0.1) is 0 Å². The zero-order chi connectivity index (χ0) is 23.9. The molecule has 0 radical (unpaired) electrons. The molecule has 3 heterocycles. The molecule has 3 aromatic rings. The number of H-pyrrole nitrogens is 1. The largest absolute Gasteiger partial charge is 0.394 e. The van der Waals surface area contributed by atoms with Crippen molar-refractivity contribution in [1.82, 2.24) is 19.5 Å². The van der Waals surface area contributed by atoms with Crippen molar-refractivity contribution in [2.45, 2.75) is 24.5 Å². The van der Waals surface area contributed by atoms with E-state index in [1.54, 1.807) is 0 Å². The average molecular weight is 523 g/mol. The molecule has 1 fully saturated rings. The Hall–Kier alpha value is -3.04. The molecule has 1 aliphatic heterocycles. The van der Waals surface area contributed by atoms with Crippen LogP contribution in [0.15, 0.2) is 32.6 Å². The van der Waals surface area contributed by atoms with E-state index in [4.69, 9.17) is 10.5 Å². The van der Waals surface area contributed by atoms with Crippen molar-refractivity contribution in [3.63, 3.8) is 0 Å². The number of aliphatic hydroxyl groups excluding tert-OH is 3. The van der Waals surface area contributed by atoms with Crippen LogP contribution >= 0.6 is 15.9 Å². The van der Waals surface area contributed by atoms with Crippen molar-refractivity contribution in [3.05, 3.63) is 38.6 Å². The van der Waals surface area contributed by atoms with Crippen molar-refractivity contribution in [1.29, 1.82) is 0 Å². The van der Waals surface area contributed by atoms with E-state index in [1.807, 2.05) is 37.2 Å². The Morgan fingerprint density at radius 1 is 1.36 bits per heavy atom. The van der Waals surface area contributed by atoms with E-state index in [-0.39, 0.29) is 23.1 Å². The summed E-state index contributed by atoms with van der Waals surface area (Å²) in [6, 6.07) is 5.67. The van der Waals surface area contributed by atoms with E-state index in [1.165, 1.54) is 10.8 Å². The van der Waals surface area contributed by atoms with Gasteiger partial charge in [0.15, 0.2) is 17.4 Å². The van der Waals surface area contributed by atoms with E-state index >= 15 is 0 Å². The third-order valence-corrected chi connectivity index (χ3v) is 5.81. The van der Waals surface area contributed by atoms with Gasteiger partial charge >= 0.3 is 0 Å². The molecule has 0 amide bonds. The van der Waals surface area contributed by atoms with Gasteiger partial charge in [-0.3, -0.25) is 14.3 Å². The molecule has 176 valence electrons. The number of halogens is 1. The van der Waals surface area contributed by atoms with E-state index < -0.39 is 36.7 Å². The number of nitrogens with two attached hydrogens (primary N) is 1. The summed E-state index contributed by atoms with van der Waals surface area (Å²) in [5, 5.41) is 34.3. The van der Waals surface area contributed by atoms with E-state index in [0.717, 1.165) is 15.7 Å². The molecule has 4 atom stereocenters. The quantitative estimate of drug-likeness (QED) is 0.183. The van der Waals surface area contributed by atoms with Crippen LogP contribution in [0.25, 0.3) is 11.2 Å². The highest BCUT2D eigenvalue weighted by Crippen LogP contribution is 2.34. The normalized spacial score (nSPS) is 23.0. The molecule has 14 heteroatoms. The average Bonchev–Trinajstić information content (AvgIpc) is 3.25. The minimum Gasteiger partial charge on any atom is -0.394 e. The summed E-state index contributed by atoms with van der Waals surface area (Å²) in [5.41, 5.74) is 9.52. The molecule has 4 unspecified atom stereocenters. The molecular weight excluding hydrogens is 500 g/mol. The first-order valence-corrected chi connectivity index (χ1v) is 10.7. The van der Waals surface area contributed by atoms with Gasteiger partial charge in [0.2, 0.25) is 11.9 Å². The summed E-state index contributed by atoms with van der Waals surface area (Å²) in [5.74, 6) is -0.148. The van der Waals surface area contributed by atoms with Crippen LogP contribution in [0.2, 0.25) is 0 Å². The predicted molar refractivity (Wildman–Crippen MR) is 125 cm³/mol. The first-order valence-electron chi connectivity index (χ1n) is 9.87. The van der Waals surface area contributed by atoms with Crippen LogP contribution in [0.1, 0.15) is 11.8 Å². The lowest BCUT2D eigenvalue weighted by atomic mass is 10.1. The topological polar surface area (TPSA) is 187 Å². The molecule has 0 aliphatic carbocycles. The number of aromatic nitrogens is 4. The van der Waals surface area contributed by atoms with Gasteiger partial charge in [-0.05, 0) is 33.6 Å². The van der Waals surface area contributed by atoms with Crippen molar-refractivity contribution in [3.8, 4) is 0 Å². The fourth-order valence-electron chi connectivity index (χ4n) is 3.54. The Balaban J connectivity index is 1.71. The lowest BCUT2D eigenvalue weighted by Crippen LogP contribution is -2.33. The van der Waals surface area contributed by atoms with E-state index in [9.17, 15) is 20.1 Å². The molecule has 0 saturated carbocycles. The molecule has 1 saturated heterocycles. The Morgan fingerprint density at radius 3 is 2.76 bits per heavy atom. The lowest BCUT2D eigenvalue weighted by molar-refractivity contribution is -0.0501. The van der Waals surface area contributed by atoms with Crippen molar-refractivity contribution in [2.75, 3.05) is 36.8 Å². The molecule has 33 heavy (non-hydrogen) atoms. The summed E-state index contributed by atoms with van der Waals surface area (Å²) >= 11 is 3.52. The van der Waals surface area contributed by atoms with Crippen LogP contribution in [0.5, 0.6) is 0 Å². The van der Waals surface area contributed by atoms with Gasteiger partial charge in [0.1, 0.15) is 18.3 Å². The third kappa shape index (κ3) is 4.30. The van der Waals surface area contributed by atoms with Crippen molar-refractivity contribution in [2.24, 2.45) is 5.10 Å². The minimum absolute atomic E-state index is 0.0156. The number of imidazole rings is 1. The van der Waals surface area contributed by atoms with Gasteiger partial charge < -0.3 is 30.7 Å². The Morgan fingerprint density at radius 2 is 2.12 bits per heavy atom. The highest BCUT2D eigenvalue weighted by molar-refractivity contribution is 9.10. The highest BCUT2D eigenvalue weighted by Gasteiger charge is 2.45. The smallest absolute Gasteiger partial charge is 0.280 e. The van der Waals surface area contributed by atoms with E-state index in [0.29, 0.717) is 0 Å². The minimum atomic E-state index is -1.43. The van der Waals surface area contributed by atoms with Crippen LogP contribution in [0.4, 0.5) is 17.6 Å². The number of ether oxygens (including phenoxy) is 1. The van der Waals surface area contributed by atoms with Crippen LogP contribution in [0.3, 0.4) is 0 Å². The van der Waals surface area contributed by atoms with Gasteiger partial charge in [-0.1, -0.05) is 6.07 Å². The Bertz CT molecular complexity index is 1260. The van der Waals surface area contributed by atoms with Crippen LogP contribution in [0, 0.1) is 0 Å². The molecule has 13 nitrogen and oxygen atoms in total. The van der Waals surface area contributed by atoms with Crippen LogP contribution < -0.4 is 21.6 Å². The molecule has 4 rings (SSSR count). The van der Waals surface area contributed by atoms with Crippen molar-refractivity contribution < 1.29 is 20.1 Å². The van der Waals surface area contributed by atoms with Crippen LogP contribution in [-0.2, 0) is 4.74 Å². The standard InChI is InChI=1S/C19H23BrN8O5/c1-27(2)10-4-3-8(5-9(10)20)6-22-26-19-23-12-15(24-18(21)25-16(12)32)28(19)17-14(31)13(30)11(7-29)33-17/h3-6,11,13-14,17,29-31H,7H2,1-2H3,(H,23,26)(H3,21,24,25,32)/b22-6+. The number of hydrogen-bond acceptors (Lipinski definition) is 11. The number of nitrogen functional groups attached to an aromatic ring is 1. The monoisotopic (exact) mass is 522 g/mol. The fourth-order valence-corrected chi connectivity index (χ4v) is 4.30.